The SMILES string of the molecule is C.CNc1ccc(C(=O)c2ccc(NC(=O)c3cccc(C(C)=O)c3)cc2)cc1.Nc1ccc(C(=O)c2ccc(N)cc2)cc1.O=C(Cl)c1cccc(C(=O)Cl)c1. The molecular formula is C45H40Cl2N4O6. The van der Waals surface area contributed by atoms with Crippen LogP contribution in [0, 0.1) is 0 Å². The van der Waals surface area contributed by atoms with Crippen molar-refractivity contribution >= 4 is 79.7 Å². The van der Waals surface area contributed by atoms with Crippen molar-refractivity contribution in [3.8, 4) is 0 Å². The minimum absolute atomic E-state index is 0. The van der Waals surface area contributed by atoms with Crippen LogP contribution < -0.4 is 22.1 Å². The van der Waals surface area contributed by atoms with Gasteiger partial charge in [-0.05, 0) is 145 Å². The summed E-state index contributed by atoms with van der Waals surface area (Å²) in [6, 6.07) is 40.1. The summed E-state index contributed by atoms with van der Waals surface area (Å²) in [6.45, 7) is 1.46. The average Bonchev–Trinajstić information content (AvgIpc) is 3.21. The third-order valence-corrected chi connectivity index (χ3v) is 8.47. The molecule has 6 aromatic rings. The number of nitrogens with one attached hydrogen (secondary N) is 2. The number of ketones is 3. The summed E-state index contributed by atoms with van der Waals surface area (Å²) in [5.41, 5.74) is 17.7. The van der Waals surface area contributed by atoms with Gasteiger partial charge in [-0.2, -0.15) is 0 Å². The molecule has 1 amide bonds. The maximum atomic E-state index is 12.6. The predicted octanol–water partition coefficient (Wildman–Crippen LogP) is 9.58. The summed E-state index contributed by atoms with van der Waals surface area (Å²) in [7, 11) is 1.82. The number of amides is 1. The molecule has 0 saturated carbocycles. The van der Waals surface area contributed by atoms with Crippen LogP contribution in [-0.2, 0) is 0 Å². The van der Waals surface area contributed by atoms with E-state index < -0.39 is 10.5 Å². The number of halogens is 2. The van der Waals surface area contributed by atoms with E-state index in [1.807, 2.05) is 19.2 Å². The summed E-state index contributed by atoms with van der Waals surface area (Å²) in [5, 5.41) is 4.58. The number of hydrogen-bond donors (Lipinski definition) is 4. The molecule has 0 aliphatic heterocycles. The number of carbonyl (C=O) groups is 6. The first-order chi connectivity index (χ1) is 26.7. The van der Waals surface area contributed by atoms with Crippen LogP contribution in [0.4, 0.5) is 22.7 Å². The van der Waals surface area contributed by atoms with Gasteiger partial charge < -0.3 is 22.1 Å². The molecule has 0 bridgehead atoms. The quantitative estimate of drug-likeness (QED) is 0.0596. The third-order valence-electron chi connectivity index (χ3n) is 8.03. The molecule has 0 unspecified atom stereocenters. The van der Waals surface area contributed by atoms with Gasteiger partial charge in [0.25, 0.3) is 16.4 Å². The summed E-state index contributed by atoms with van der Waals surface area (Å²) < 4.78 is 0. The monoisotopic (exact) mass is 802 g/mol. The second-order valence-electron chi connectivity index (χ2n) is 12.0. The van der Waals surface area contributed by atoms with Gasteiger partial charge in [-0.25, -0.2) is 0 Å². The molecule has 6 rings (SSSR count). The zero-order chi connectivity index (χ0) is 40.8. The molecule has 0 atom stereocenters. The number of carbonyl (C=O) groups excluding carboxylic acids is 6. The number of nitrogen functional groups attached to an aromatic ring is 2. The molecule has 0 aromatic heterocycles. The molecule has 0 fully saturated rings. The minimum atomic E-state index is -0.602. The van der Waals surface area contributed by atoms with E-state index in [1.54, 1.807) is 115 Å². The highest BCUT2D eigenvalue weighted by Crippen LogP contribution is 2.18. The van der Waals surface area contributed by atoms with Gasteiger partial charge in [0, 0.05) is 74.3 Å². The Labute approximate surface area is 340 Å². The number of anilines is 4. The van der Waals surface area contributed by atoms with Gasteiger partial charge in [-0.1, -0.05) is 37.8 Å². The maximum absolute atomic E-state index is 12.6. The van der Waals surface area contributed by atoms with Gasteiger partial charge in [-0.15, -0.1) is 0 Å². The number of hydrogen-bond acceptors (Lipinski definition) is 9. The smallest absolute Gasteiger partial charge is 0.255 e. The first kappa shape index (κ1) is 44.5. The van der Waals surface area contributed by atoms with E-state index in [2.05, 4.69) is 10.6 Å². The lowest BCUT2D eigenvalue weighted by molar-refractivity contribution is 0.101. The average molecular weight is 804 g/mol. The maximum Gasteiger partial charge on any atom is 0.255 e. The van der Waals surface area contributed by atoms with Gasteiger partial charge in [0.05, 0.1) is 0 Å². The number of rotatable bonds is 10. The molecule has 6 aromatic carbocycles. The Balaban J connectivity index is 0.000000253. The first-order valence-corrected chi connectivity index (χ1v) is 17.6. The lowest BCUT2D eigenvalue weighted by Crippen LogP contribution is -2.12. The van der Waals surface area contributed by atoms with Crippen LogP contribution in [0.15, 0.2) is 146 Å². The van der Waals surface area contributed by atoms with Crippen molar-refractivity contribution in [3.05, 3.63) is 190 Å². The lowest BCUT2D eigenvalue weighted by Gasteiger charge is -2.08. The molecule has 10 nitrogen and oxygen atoms in total. The Kier molecular flexibility index (Phi) is 16.6. The van der Waals surface area contributed by atoms with Crippen molar-refractivity contribution in [3.63, 3.8) is 0 Å². The van der Waals surface area contributed by atoms with Crippen LogP contribution in [0.1, 0.15) is 87.6 Å². The molecule has 6 N–H and O–H groups in total. The standard InChI is InChI=1S/C23H20N2O3.C13H12N2O.C8H4Cl2O2.CH4/c1-15(26)18-4-3-5-19(14-18)23(28)25-21-12-8-17(9-13-21)22(27)16-6-10-20(24-2)11-7-16;14-11-5-1-9(2-6-11)13(16)10-3-7-12(15)8-4-10;9-7(11)5-2-1-3-6(4-5)8(10)12;/h3-14,24H,1-2H3,(H,25,28);1-8H,14-15H2;1-4H;1H4. The third kappa shape index (κ3) is 13.1. The Morgan fingerprint density at radius 2 is 0.789 bits per heavy atom. The second kappa shape index (κ2) is 21.3. The molecule has 0 spiro atoms. The van der Waals surface area contributed by atoms with Crippen molar-refractivity contribution in [2.75, 3.05) is 29.1 Å². The highest BCUT2D eigenvalue weighted by molar-refractivity contribution is 6.69. The van der Waals surface area contributed by atoms with Crippen molar-refractivity contribution in [2.24, 2.45) is 0 Å². The van der Waals surface area contributed by atoms with Gasteiger partial charge in [0.1, 0.15) is 0 Å². The molecule has 0 radical (unpaired) electrons. The zero-order valence-corrected chi connectivity index (χ0v) is 31.7. The van der Waals surface area contributed by atoms with E-state index in [0.717, 1.165) is 5.69 Å². The van der Waals surface area contributed by atoms with Crippen molar-refractivity contribution in [1.29, 1.82) is 0 Å². The molecule has 0 aliphatic carbocycles. The van der Waals surface area contributed by atoms with Gasteiger partial charge in [0.15, 0.2) is 17.3 Å². The summed E-state index contributed by atoms with van der Waals surface area (Å²) in [6.07, 6.45) is 0. The summed E-state index contributed by atoms with van der Waals surface area (Å²) in [5.74, 6) is -0.528. The highest BCUT2D eigenvalue weighted by atomic mass is 35.5. The molecule has 0 heterocycles. The van der Waals surface area contributed by atoms with Crippen LogP contribution in [0.5, 0.6) is 0 Å². The number of benzene rings is 6. The summed E-state index contributed by atoms with van der Waals surface area (Å²) >= 11 is 10.4. The lowest BCUT2D eigenvalue weighted by atomic mass is 10.0. The number of Topliss-reactive ketones (excluding diaryl/α,β-unsaturated/α-hetero) is 1. The molecule has 0 aliphatic rings. The molecule has 290 valence electrons. The molecule has 0 saturated heterocycles. The van der Waals surface area contributed by atoms with Crippen LogP contribution >= 0.6 is 23.2 Å². The van der Waals surface area contributed by atoms with Crippen LogP contribution in [-0.4, -0.2) is 40.8 Å². The van der Waals surface area contributed by atoms with Crippen molar-refractivity contribution in [2.45, 2.75) is 14.4 Å². The van der Waals surface area contributed by atoms with Crippen molar-refractivity contribution in [1.82, 2.24) is 0 Å². The molecule has 12 heteroatoms. The van der Waals surface area contributed by atoms with E-state index in [4.69, 9.17) is 34.7 Å². The second-order valence-corrected chi connectivity index (χ2v) is 12.7. The fourth-order valence-corrected chi connectivity index (χ4v) is 5.18. The van der Waals surface area contributed by atoms with Gasteiger partial charge in [0.2, 0.25) is 0 Å². The normalized spacial score (nSPS) is 9.82. The Bertz CT molecular complexity index is 2290. The van der Waals surface area contributed by atoms with Crippen LogP contribution in [0.2, 0.25) is 0 Å². The summed E-state index contributed by atoms with van der Waals surface area (Å²) in [4.78, 5) is 69.7. The zero-order valence-electron chi connectivity index (χ0n) is 30.2. The fraction of sp³-hybridized carbons (Fsp3) is 0.0667. The van der Waals surface area contributed by atoms with Gasteiger partial charge >= 0.3 is 0 Å². The fourth-order valence-electron chi connectivity index (χ4n) is 4.94. The van der Waals surface area contributed by atoms with E-state index in [-0.39, 0.29) is 41.8 Å². The Morgan fingerprint density at radius 1 is 0.456 bits per heavy atom. The highest BCUT2D eigenvalue weighted by Gasteiger charge is 2.12. The van der Waals surface area contributed by atoms with Crippen LogP contribution in [0.3, 0.4) is 0 Å². The van der Waals surface area contributed by atoms with Crippen molar-refractivity contribution < 1.29 is 28.8 Å². The Morgan fingerprint density at radius 3 is 1.16 bits per heavy atom. The molecule has 57 heavy (non-hydrogen) atoms. The number of nitrogens with two attached hydrogens (primary N) is 2. The molecular weight excluding hydrogens is 763 g/mol. The predicted molar refractivity (Wildman–Crippen MR) is 229 cm³/mol. The minimum Gasteiger partial charge on any atom is -0.399 e. The largest absolute Gasteiger partial charge is 0.399 e. The Hall–Kier alpha value is -6.88. The van der Waals surface area contributed by atoms with E-state index in [9.17, 15) is 28.8 Å². The van der Waals surface area contributed by atoms with E-state index >= 15 is 0 Å². The van der Waals surface area contributed by atoms with E-state index in [1.165, 1.54) is 25.1 Å². The van der Waals surface area contributed by atoms with Gasteiger partial charge in [-0.3, -0.25) is 28.8 Å². The van der Waals surface area contributed by atoms with E-state index in [0.29, 0.717) is 50.4 Å². The first-order valence-electron chi connectivity index (χ1n) is 16.9. The van der Waals surface area contributed by atoms with Crippen LogP contribution in [0.25, 0.3) is 0 Å². The topological polar surface area (TPSA) is 179 Å².